The average Bonchev–Trinajstić information content (AvgIpc) is 3.52. The first-order valence-electron chi connectivity index (χ1n) is 11.5. The lowest BCUT2D eigenvalue weighted by atomic mass is 9.69. The quantitative estimate of drug-likeness (QED) is 0.327. The van der Waals surface area contributed by atoms with Gasteiger partial charge < -0.3 is 5.32 Å². The fourth-order valence-electron chi connectivity index (χ4n) is 6.19. The Morgan fingerprint density at radius 3 is 2.69 bits per heavy atom. The van der Waals surface area contributed by atoms with E-state index in [1.54, 1.807) is 36.0 Å². The molecule has 35 heavy (non-hydrogen) atoms. The number of rotatable bonds is 4. The number of anilines is 1. The van der Waals surface area contributed by atoms with E-state index in [2.05, 4.69) is 10.2 Å². The van der Waals surface area contributed by atoms with Gasteiger partial charge in [-0.1, -0.05) is 60.2 Å². The molecular formula is C27H23N3O4S. The number of hydrogen-bond donors (Lipinski definition) is 1. The van der Waals surface area contributed by atoms with Gasteiger partial charge in [-0.05, 0) is 18.6 Å². The maximum atomic E-state index is 14.3. The highest BCUT2D eigenvalue weighted by Gasteiger charge is 2.69. The van der Waals surface area contributed by atoms with E-state index in [-0.39, 0.29) is 29.3 Å². The summed E-state index contributed by atoms with van der Waals surface area (Å²) >= 11 is 1.73. The average molecular weight is 486 g/mol. The van der Waals surface area contributed by atoms with Crippen molar-refractivity contribution in [1.29, 1.82) is 0 Å². The number of ketones is 1. The summed E-state index contributed by atoms with van der Waals surface area (Å²) in [6.07, 6.45) is 0. The molecule has 7 nitrogen and oxygen atoms in total. The van der Waals surface area contributed by atoms with Crippen LogP contribution in [0.2, 0.25) is 0 Å². The second-order valence-corrected chi connectivity index (χ2v) is 10.4. The zero-order valence-corrected chi connectivity index (χ0v) is 19.8. The summed E-state index contributed by atoms with van der Waals surface area (Å²) in [5, 5.41) is 14.7. The number of benzene rings is 3. The lowest BCUT2D eigenvalue weighted by molar-refractivity contribution is -0.384. The normalized spacial score (nSPS) is 27.0. The molecule has 6 rings (SSSR count). The Morgan fingerprint density at radius 1 is 1.11 bits per heavy atom. The molecule has 176 valence electrons. The summed E-state index contributed by atoms with van der Waals surface area (Å²) in [5.41, 5.74) is 2.61. The van der Waals surface area contributed by atoms with Crippen LogP contribution < -0.4 is 5.32 Å². The standard InChI is InChI=1S/C27H23N3O4S/c1-16-10-11-21-20(12-16)27(26(32)28-21)24(25(31)17-6-3-2-4-7-17)23(22-14-35-15-29(22)27)18-8-5-9-19(13-18)30(33)34/h2-13,22-24H,14-15H2,1H3,(H,28,32)/t22-,23+,24-,27-/m1/s1. The highest BCUT2D eigenvalue weighted by molar-refractivity contribution is 7.99. The predicted molar refractivity (Wildman–Crippen MR) is 135 cm³/mol. The largest absolute Gasteiger partial charge is 0.324 e. The van der Waals surface area contributed by atoms with E-state index in [1.165, 1.54) is 6.07 Å². The molecule has 1 N–H and O–H groups in total. The van der Waals surface area contributed by atoms with E-state index in [9.17, 15) is 19.7 Å². The molecule has 2 saturated heterocycles. The second kappa shape index (κ2) is 8.03. The van der Waals surface area contributed by atoms with Crippen LogP contribution in [0.15, 0.2) is 72.8 Å². The molecule has 3 aliphatic rings. The number of hydrogen-bond acceptors (Lipinski definition) is 6. The van der Waals surface area contributed by atoms with E-state index in [0.29, 0.717) is 11.4 Å². The monoisotopic (exact) mass is 485 g/mol. The zero-order chi connectivity index (χ0) is 24.3. The Balaban J connectivity index is 1.63. The van der Waals surface area contributed by atoms with Crippen molar-refractivity contribution in [1.82, 2.24) is 4.90 Å². The van der Waals surface area contributed by atoms with Crippen LogP contribution in [-0.4, -0.2) is 39.2 Å². The van der Waals surface area contributed by atoms with Crippen molar-refractivity contribution in [2.75, 3.05) is 16.9 Å². The van der Waals surface area contributed by atoms with E-state index >= 15 is 0 Å². The molecule has 0 radical (unpaired) electrons. The van der Waals surface area contributed by atoms with Gasteiger partial charge in [-0.3, -0.25) is 24.6 Å². The number of nitro groups is 1. The summed E-state index contributed by atoms with van der Waals surface area (Å²) in [6, 6.07) is 21.4. The Morgan fingerprint density at radius 2 is 1.91 bits per heavy atom. The smallest absolute Gasteiger partial charge is 0.269 e. The van der Waals surface area contributed by atoms with Gasteiger partial charge in [0.25, 0.3) is 5.69 Å². The molecule has 3 aromatic carbocycles. The third-order valence-corrected chi connectivity index (χ3v) is 8.62. The van der Waals surface area contributed by atoms with Crippen molar-refractivity contribution in [2.45, 2.75) is 24.4 Å². The number of carbonyl (C=O) groups excluding carboxylic acids is 2. The maximum Gasteiger partial charge on any atom is 0.269 e. The molecule has 1 amide bonds. The summed E-state index contributed by atoms with van der Waals surface area (Å²) in [6.45, 7) is 1.98. The molecule has 1 spiro atoms. The molecule has 3 aliphatic heterocycles. The molecule has 0 saturated carbocycles. The Bertz CT molecular complexity index is 1380. The lowest BCUT2D eigenvalue weighted by Gasteiger charge is -2.36. The van der Waals surface area contributed by atoms with Crippen molar-refractivity contribution < 1.29 is 14.5 Å². The number of amides is 1. The number of fused-ring (bicyclic) bond motifs is 4. The van der Waals surface area contributed by atoms with Gasteiger partial charge in [-0.25, -0.2) is 0 Å². The van der Waals surface area contributed by atoms with E-state index in [4.69, 9.17) is 0 Å². The molecule has 0 aliphatic carbocycles. The summed E-state index contributed by atoms with van der Waals surface area (Å²) < 4.78 is 0. The summed E-state index contributed by atoms with van der Waals surface area (Å²) in [7, 11) is 0. The number of nitro benzene ring substituents is 1. The predicted octanol–water partition coefficient (Wildman–Crippen LogP) is 4.72. The zero-order valence-electron chi connectivity index (χ0n) is 19.0. The molecular weight excluding hydrogens is 462 g/mol. The van der Waals surface area contributed by atoms with Crippen LogP contribution in [0.3, 0.4) is 0 Å². The fraction of sp³-hybridized carbons (Fsp3) is 0.259. The van der Waals surface area contributed by atoms with Crippen molar-refractivity contribution >= 4 is 34.8 Å². The van der Waals surface area contributed by atoms with Crippen molar-refractivity contribution in [3.8, 4) is 0 Å². The van der Waals surface area contributed by atoms with Gasteiger partial charge in [0.2, 0.25) is 5.91 Å². The van der Waals surface area contributed by atoms with Crippen LogP contribution in [-0.2, 0) is 10.3 Å². The van der Waals surface area contributed by atoms with Crippen molar-refractivity contribution in [3.63, 3.8) is 0 Å². The minimum Gasteiger partial charge on any atom is -0.324 e. The Labute approximate surface area is 206 Å². The van der Waals surface area contributed by atoms with Gasteiger partial charge in [-0.2, -0.15) is 0 Å². The third kappa shape index (κ3) is 3.10. The van der Waals surface area contributed by atoms with Crippen LogP contribution in [0.5, 0.6) is 0 Å². The molecule has 3 heterocycles. The third-order valence-electron chi connectivity index (χ3n) is 7.58. The summed E-state index contributed by atoms with van der Waals surface area (Å²) in [5.74, 6) is -0.0908. The summed E-state index contributed by atoms with van der Waals surface area (Å²) in [4.78, 5) is 41.7. The van der Waals surface area contributed by atoms with Crippen LogP contribution in [0.1, 0.15) is 33.0 Å². The molecule has 0 unspecified atom stereocenters. The van der Waals surface area contributed by atoms with Crippen LogP contribution >= 0.6 is 11.8 Å². The highest BCUT2D eigenvalue weighted by Crippen LogP contribution is 2.61. The van der Waals surface area contributed by atoms with Gasteiger partial charge in [0.1, 0.15) is 5.54 Å². The first-order valence-corrected chi connectivity index (χ1v) is 12.7. The second-order valence-electron chi connectivity index (χ2n) is 9.39. The highest BCUT2D eigenvalue weighted by atomic mass is 32.2. The van der Waals surface area contributed by atoms with E-state index < -0.39 is 16.4 Å². The lowest BCUT2D eigenvalue weighted by Crippen LogP contribution is -2.52. The minimum atomic E-state index is -1.18. The topological polar surface area (TPSA) is 92.5 Å². The minimum absolute atomic E-state index is 0.0151. The number of aryl methyl sites for hydroxylation is 1. The van der Waals surface area contributed by atoms with Gasteiger partial charge in [-0.15, -0.1) is 11.8 Å². The first-order chi connectivity index (χ1) is 16.9. The number of carbonyl (C=O) groups is 2. The van der Waals surface area contributed by atoms with E-state index in [1.807, 2.05) is 49.4 Å². The Hall–Kier alpha value is -3.49. The molecule has 0 aromatic heterocycles. The molecule has 0 bridgehead atoms. The van der Waals surface area contributed by atoms with Crippen LogP contribution in [0, 0.1) is 23.0 Å². The molecule has 3 aromatic rings. The molecule has 2 fully saturated rings. The van der Waals surface area contributed by atoms with Gasteiger partial charge in [0.15, 0.2) is 5.78 Å². The van der Waals surface area contributed by atoms with Gasteiger partial charge in [0, 0.05) is 52.5 Å². The van der Waals surface area contributed by atoms with Crippen molar-refractivity contribution in [3.05, 3.63) is 105 Å². The number of nitrogens with one attached hydrogen (secondary N) is 1. The molecule has 8 heteroatoms. The Kier molecular flexibility index (Phi) is 5.05. The number of thioether (sulfide) groups is 1. The number of non-ortho nitro benzene ring substituents is 1. The fourth-order valence-corrected chi connectivity index (χ4v) is 7.52. The first kappa shape index (κ1) is 22.0. The van der Waals surface area contributed by atoms with Crippen molar-refractivity contribution in [2.24, 2.45) is 5.92 Å². The maximum absolute atomic E-state index is 14.3. The van der Waals surface area contributed by atoms with Gasteiger partial charge >= 0.3 is 0 Å². The van der Waals surface area contributed by atoms with Crippen LogP contribution in [0.4, 0.5) is 11.4 Å². The molecule has 4 atom stereocenters. The van der Waals surface area contributed by atoms with Crippen LogP contribution in [0.25, 0.3) is 0 Å². The number of nitrogens with zero attached hydrogens (tertiary/aromatic N) is 2. The van der Waals surface area contributed by atoms with Gasteiger partial charge in [0.05, 0.1) is 10.8 Å². The number of Topliss-reactive ketones (excluding diaryl/α,β-unsaturated/α-hetero) is 1. The SMILES string of the molecule is Cc1ccc2c(c1)[C@]1(C(=O)N2)[C@@H](C(=O)c2ccccc2)[C@@H](c2cccc([N+](=O)[O-])c2)[C@H]2CSCN21. The van der Waals surface area contributed by atoms with E-state index in [0.717, 1.165) is 28.1 Å².